The van der Waals surface area contributed by atoms with E-state index in [1.54, 1.807) is 43.4 Å². The average molecular weight is 392 g/mol. The van der Waals surface area contributed by atoms with Crippen LogP contribution in [0.4, 0.5) is 11.4 Å². The number of nitrogens with zero attached hydrogens (tertiary/aromatic N) is 2. The van der Waals surface area contributed by atoms with Gasteiger partial charge in [-0.15, -0.1) is 0 Å². The number of likely N-dealkylation sites (N-methyl/N-ethyl adjacent to an activating group) is 1. The molecule has 1 N–H and O–H groups in total. The molecule has 134 valence electrons. The minimum absolute atomic E-state index is 0.104. The lowest BCUT2D eigenvalue weighted by molar-refractivity contribution is -0.121. The van der Waals surface area contributed by atoms with Gasteiger partial charge in [0.2, 0.25) is 11.8 Å². The molecule has 1 aliphatic heterocycles. The number of anilines is 2. The Morgan fingerprint density at radius 3 is 2.58 bits per heavy atom. The van der Waals surface area contributed by atoms with Crippen molar-refractivity contribution < 1.29 is 14.4 Å². The van der Waals surface area contributed by atoms with E-state index >= 15 is 0 Å². The van der Waals surface area contributed by atoms with E-state index in [0.717, 1.165) is 0 Å². The Hall–Kier alpha value is -2.57. The van der Waals surface area contributed by atoms with Crippen molar-refractivity contribution in [1.29, 1.82) is 0 Å². The van der Waals surface area contributed by atoms with Crippen LogP contribution in [-0.4, -0.2) is 42.8 Å². The van der Waals surface area contributed by atoms with Gasteiger partial charge in [-0.1, -0.05) is 35.3 Å². The lowest BCUT2D eigenvalue weighted by Gasteiger charge is -2.21. The number of hydrogen-bond acceptors (Lipinski definition) is 3. The molecule has 0 radical (unpaired) electrons. The maximum atomic E-state index is 12.5. The molecule has 3 amide bonds. The fraction of sp³-hybridized carbons (Fsp3) is 0.167. The van der Waals surface area contributed by atoms with E-state index in [4.69, 9.17) is 23.2 Å². The molecule has 1 aliphatic rings. The van der Waals surface area contributed by atoms with E-state index in [1.165, 1.54) is 15.9 Å². The summed E-state index contributed by atoms with van der Waals surface area (Å²) in [7, 11) is 1.55. The molecule has 0 atom stereocenters. The minimum Gasteiger partial charge on any atom is -0.332 e. The largest absolute Gasteiger partial charge is 0.332 e. The van der Waals surface area contributed by atoms with Crippen molar-refractivity contribution in [2.75, 3.05) is 30.4 Å². The molecule has 6 nitrogen and oxygen atoms in total. The monoisotopic (exact) mass is 391 g/mol. The highest BCUT2D eigenvalue weighted by molar-refractivity contribution is 6.42. The Morgan fingerprint density at radius 1 is 1.12 bits per heavy atom. The van der Waals surface area contributed by atoms with Crippen LogP contribution in [0.2, 0.25) is 10.0 Å². The number of amides is 3. The third-order valence-electron chi connectivity index (χ3n) is 3.95. The maximum Gasteiger partial charge on any atom is 0.256 e. The van der Waals surface area contributed by atoms with Crippen molar-refractivity contribution in [2.24, 2.45) is 0 Å². The Bertz CT molecular complexity index is 901. The highest BCUT2D eigenvalue weighted by atomic mass is 35.5. The van der Waals surface area contributed by atoms with Crippen LogP contribution in [0.15, 0.2) is 42.5 Å². The molecule has 8 heteroatoms. The van der Waals surface area contributed by atoms with Gasteiger partial charge in [-0.25, -0.2) is 0 Å². The first-order valence-corrected chi connectivity index (χ1v) is 8.52. The lowest BCUT2D eigenvalue weighted by Crippen LogP contribution is -2.41. The summed E-state index contributed by atoms with van der Waals surface area (Å²) in [5.41, 5.74) is 1.26. The van der Waals surface area contributed by atoms with E-state index in [9.17, 15) is 14.4 Å². The van der Waals surface area contributed by atoms with Gasteiger partial charge < -0.3 is 15.1 Å². The van der Waals surface area contributed by atoms with Crippen LogP contribution in [0.25, 0.3) is 0 Å². The molecule has 0 aliphatic carbocycles. The molecule has 0 bridgehead atoms. The second-order valence-electron chi connectivity index (χ2n) is 5.84. The van der Waals surface area contributed by atoms with Gasteiger partial charge in [-0.05, 0) is 30.3 Å². The van der Waals surface area contributed by atoms with Gasteiger partial charge in [0, 0.05) is 12.7 Å². The van der Waals surface area contributed by atoms with Crippen LogP contribution in [0, 0.1) is 0 Å². The summed E-state index contributed by atoms with van der Waals surface area (Å²) in [6.45, 7) is -0.329. The van der Waals surface area contributed by atoms with Crippen LogP contribution in [0.5, 0.6) is 0 Å². The molecule has 26 heavy (non-hydrogen) atoms. The van der Waals surface area contributed by atoms with Crippen LogP contribution < -0.4 is 10.2 Å². The number of halogens is 2. The second kappa shape index (κ2) is 7.35. The molecule has 0 fully saturated rings. The summed E-state index contributed by atoms with van der Waals surface area (Å²) in [4.78, 5) is 40.0. The van der Waals surface area contributed by atoms with Gasteiger partial charge in [0.05, 0.1) is 21.3 Å². The number of benzene rings is 2. The summed E-state index contributed by atoms with van der Waals surface area (Å²) in [5.74, 6) is -1.01. The number of hydrogen-bond donors (Lipinski definition) is 1. The standard InChI is InChI=1S/C18H15Cl2N3O3/c1-22-10-17(25)23(15-5-3-2-4-12(15)18(22)26)9-16(24)21-11-6-7-13(19)14(20)8-11/h2-8H,9-10H2,1H3,(H,21,24). The highest BCUT2D eigenvalue weighted by Crippen LogP contribution is 2.26. The molecule has 0 saturated heterocycles. The number of nitrogens with one attached hydrogen (secondary N) is 1. The summed E-state index contributed by atoms with van der Waals surface area (Å²) >= 11 is 11.8. The van der Waals surface area contributed by atoms with E-state index in [1.807, 2.05) is 0 Å². The first-order valence-electron chi connectivity index (χ1n) is 7.76. The normalized spacial score (nSPS) is 14.1. The smallest absolute Gasteiger partial charge is 0.256 e. The van der Waals surface area contributed by atoms with Crippen LogP contribution in [-0.2, 0) is 9.59 Å². The van der Waals surface area contributed by atoms with Crippen molar-refractivity contribution in [3.05, 3.63) is 58.1 Å². The maximum absolute atomic E-state index is 12.5. The van der Waals surface area contributed by atoms with Crippen LogP contribution in [0.1, 0.15) is 10.4 Å². The topological polar surface area (TPSA) is 69.7 Å². The van der Waals surface area contributed by atoms with E-state index < -0.39 is 5.91 Å². The zero-order chi connectivity index (χ0) is 18.8. The van der Waals surface area contributed by atoms with Crippen molar-refractivity contribution in [3.8, 4) is 0 Å². The third-order valence-corrected chi connectivity index (χ3v) is 4.69. The highest BCUT2D eigenvalue weighted by Gasteiger charge is 2.30. The number of carbonyl (C=O) groups excluding carboxylic acids is 3. The molecular weight excluding hydrogens is 377 g/mol. The number of carbonyl (C=O) groups is 3. The number of fused-ring (bicyclic) bond motifs is 1. The summed E-state index contributed by atoms with van der Waals surface area (Å²) in [6.07, 6.45) is 0. The quantitative estimate of drug-likeness (QED) is 0.873. The molecule has 0 saturated carbocycles. The van der Waals surface area contributed by atoms with Gasteiger partial charge in [0.25, 0.3) is 5.91 Å². The van der Waals surface area contributed by atoms with Crippen molar-refractivity contribution in [3.63, 3.8) is 0 Å². The molecule has 0 unspecified atom stereocenters. The zero-order valence-electron chi connectivity index (χ0n) is 13.8. The Kier molecular flexibility index (Phi) is 5.15. The van der Waals surface area contributed by atoms with E-state index in [-0.39, 0.29) is 24.9 Å². The first kappa shape index (κ1) is 18.2. The van der Waals surface area contributed by atoms with Crippen molar-refractivity contribution >= 4 is 52.3 Å². The average Bonchev–Trinajstić information content (AvgIpc) is 2.69. The summed E-state index contributed by atoms with van der Waals surface area (Å²) in [6, 6.07) is 11.4. The Morgan fingerprint density at radius 2 is 1.85 bits per heavy atom. The zero-order valence-corrected chi connectivity index (χ0v) is 15.3. The van der Waals surface area contributed by atoms with Gasteiger partial charge in [-0.2, -0.15) is 0 Å². The molecule has 3 rings (SSSR count). The second-order valence-corrected chi connectivity index (χ2v) is 6.65. The first-order chi connectivity index (χ1) is 12.4. The molecule has 0 aromatic heterocycles. The fourth-order valence-electron chi connectivity index (χ4n) is 2.68. The predicted molar refractivity (Wildman–Crippen MR) is 101 cm³/mol. The molecule has 2 aromatic carbocycles. The molecule has 2 aromatic rings. The molecule has 1 heterocycles. The lowest BCUT2D eigenvalue weighted by atomic mass is 10.1. The van der Waals surface area contributed by atoms with Crippen molar-refractivity contribution in [1.82, 2.24) is 4.90 Å². The fourth-order valence-corrected chi connectivity index (χ4v) is 2.98. The van der Waals surface area contributed by atoms with Crippen LogP contribution in [0.3, 0.4) is 0 Å². The minimum atomic E-state index is -0.413. The summed E-state index contributed by atoms with van der Waals surface area (Å²) in [5, 5.41) is 3.37. The van der Waals surface area contributed by atoms with Crippen molar-refractivity contribution in [2.45, 2.75) is 0 Å². The number of para-hydroxylation sites is 1. The van der Waals surface area contributed by atoms with Gasteiger partial charge in [0.1, 0.15) is 13.1 Å². The summed E-state index contributed by atoms with van der Waals surface area (Å²) < 4.78 is 0. The van der Waals surface area contributed by atoms with Gasteiger partial charge >= 0.3 is 0 Å². The van der Waals surface area contributed by atoms with Crippen LogP contribution >= 0.6 is 23.2 Å². The molecule has 0 spiro atoms. The molecular formula is C18H15Cl2N3O3. The van der Waals surface area contributed by atoms with Gasteiger partial charge in [0.15, 0.2) is 0 Å². The third kappa shape index (κ3) is 3.66. The van der Waals surface area contributed by atoms with E-state index in [0.29, 0.717) is 27.0 Å². The SMILES string of the molecule is CN1CC(=O)N(CC(=O)Nc2ccc(Cl)c(Cl)c2)c2ccccc2C1=O. The van der Waals surface area contributed by atoms with E-state index in [2.05, 4.69) is 5.32 Å². The van der Waals surface area contributed by atoms with Gasteiger partial charge in [-0.3, -0.25) is 14.4 Å². The Labute approximate surface area is 160 Å². The number of rotatable bonds is 3. The Balaban J connectivity index is 1.84. The predicted octanol–water partition coefficient (Wildman–Crippen LogP) is 3.05.